The van der Waals surface area contributed by atoms with Crippen molar-refractivity contribution in [2.45, 2.75) is 69.1 Å². The lowest BCUT2D eigenvalue weighted by atomic mass is 10.1. The van der Waals surface area contributed by atoms with Crippen molar-refractivity contribution >= 4 is 41.4 Å². The van der Waals surface area contributed by atoms with E-state index < -0.39 is 53.8 Å². The molecule has 4 unspecified atom stereocenters. The van der Waals surface area contributed by atoms with Gasteiger partial charge in [-0.3, -0.25) is 19.2 Å². The molecule has 12 heteroatoms. The van der Waals surface area contributed by atoms with Crippen molar-refractivity contribution in [1.29, 1.82) is 0 Å². The van der Waals surface area contributed by atoms with Crippen LogP contribution in [0.3, 0.4) is 0 Å². The summed E-state index contributed by atoms with van der Waals surface area (Å²) in [5.74, 6) is -2.30. The van der Waals surface area contributed by atoms with Gasteiger partial charge in [0.25, 0.3) is 0 Å². The SMILES string of the molecule is CSCCC(NC(=O)C1CCCN1C(=O)C(N)CCC(N)=O)C(=O)N1CCCC1C(=O)O. The van der Waals surface area contributed by atoms with Gasteiger partial charge in [0.15, 0.2) is 0 Å². The van der Waals surface area contributed by atoms with Crippen LogP contribution in [-0.4, -0.2) is 93.8 Å². The standard InChI is InChI=1S/C20H33N5O6S/c1-32-11-8-13(19(29)25-10-3-5-15(25)20(30)31)23-17(27)14-4-2-9-24(14)18(28)12(21)6-7-16(22)26/h12-15H,2-11,21H2,1H3,(H2,22,26)(H,23,27)(H,30,31). The number of carboxylic acids is 1. The second-order valence-corrected chi connectivity index (χ2v) is 9.16. The molecule has 32 heavy (non-hydrogen) atoms. The van der Waals surface area contributed by atoms with Gasteiger partial charge >= 0.3 is 5.97 Å². The van der Waals surface area contributed by atoms with Crippen molar-refractivity contribution in [2.24, 2.45) is 11.5 Å². The molecule has 180 valence electrons. The summed E-state index contributed by atoms with van der Waals surface area (Å²) in [7, 11) is 0. The van der Waals surface area contributed by atoms with Crippen molar-refractivity contribution in [3.8, 4) is 0 Å². The van der Waals surface area contributed by atoms with Crippen LogP contribution in [0, 0.1) is 0 Å². The van der Waals surface area contributed by atoms with E-state index >= 15 is 0 Å². The molecule has 0 radical (unpaired) electrons. The molecule has 0 aromatic heterocycles. The Morgan fingerprint density at radius 3 is 2.19 bits per heavy atom. The first kappa shape index (κ1) is 25.9. The predicted molar refractivity (Wildman–Crippen MR) is 118 cm³/mol. The van der Waals surface area contributed by atoms with Gasteiger partial charge in [-0.2, -0.15) is 11.8 Å². The number of carboxylic acid groups (broad SMARTS) is 1. The fourth-order valence-corrected chi connectivity index (χ4v) is 4.66. The molecule has 6 N–H and O–H groups in total. The molecule has 0 aromatic carbocycles. The van der Waals surface area contributed by atoms with Gasteiger partial charge in [0.1, 0.15) is 18.1 Å². The average molecular weight is 472 g/mol. The Hall–Kier alpha value is -2.34. The third-order valence-corrected chi connectivity index (χ3v) is 6.55. The minimum absolute atomic E-state index is 0.0244. The summed E-state index contributed by atoms with van der Waals surface area (Å²) in [6.07, 6.45) is 4.34. The highest BCUT2D eigenvalue weighted by Crippen LogP contribution is 2.22. The first-order valence-corrected chi connectivity index (χ1v) is 12.2. The first-order chi connectivity index (χ1) is 15.2. The number of amides is 4. The second kappa shape index (κ2) is 12.0. The summed E-state index contributed by atoms with van der Waals surface area (Å²) >= 11 is 1.52. The maximum Gasteiger partial charge on any atom is 0.326 e. The van der Waals surface area contributed by atoms with E-state index in [0.29, 0.717) is 50.9 Å². The molecule has 0 saturated carbocycles. The Bertz CT molecular complexity index is 735. The van der Waals surface area contributed by atoms with Crippen molar-refractivity contribution < 1.29 is 29.1 Å². The summed E-state index contributed by atoms with van der Waals surface area (Å²) in [6, 6.07) is -3.45. The zero-order valence-corrected chi connectivity index (χ0v) is 19.1. The second-order valence-electron chi connectivity index (χ2n) is 8.17. The van der Waals surface area contributed by atoms with Crippen LogP contribution in [0.4, 0.5) is 0 Å². The molecule has 4 atom stereocenters. The van der Waals surface area contributed by atoms with Crippen LogP contribution >= 0.6 is 11.8 Å². The molecule has 0 aliphatic carbocycles. The van der Waals surface area contributed by atoms with Crippen molar-refractivity contribution in [2.75, 3.05) is 25.1 Å². The molecule has 2 fully saturated rings. The molecule has 11 nitrogen and oxygen atoms in total. The Morgan fingerprint density at radius 2 is 1.62 bits per heavy atom. The number of carbonyl (C=O) groups is 5. The van der Waals surface area contributed by atoms with Gasteiger partial charge in [-0.15, -0.1) is 0 Å². The van der Waals surface area contributed by atoms with Crippen LogP contribution in [0.1, 0.15) is 44.9 Å². The van der Waals surface area contributed by atoms with Gasteiger partial charge in [0.05, 0.1) is 6.04 Å². The van der Waals surface area contributed by atoms with E-state index in [0.717, 1.165) is 0 Å². The number of carbonyl (C=O) groups excluding carboxylic acids is 4. The fourth-order valence-electron chi connectivity index (χ4n) is 4.19. The highest BCUT2D eigenvalue weighted by Gasteiger charge is 2.40. The molecule has 4 amide bonds. The van der Waals surface area contributed by atoms with Gasteiger partial charge in [0, 0.05) is 19.5 Å². The molecule has 2 aliphatic rings. The van der Waals surface area contributed by atoms with Gasteiger partial charge < -0.3 is 31.7 Å². The van der Waals surface area contributed by atoms with E-state index in [9.17, 15) is 29.1 Å². The molecule has 2 saturated heterocycles. The van der Waals surface area contributed by atoms with E-state index in [1.54, 1.807) is 0 Å². The number of hydrogen-bond donors (Lipinski definition) is 4. The zero-order chi connectivity index (χ0) is 23.8. The summed E-state index contributed by atoms with van der Waals surface area (Å²) in [5.41, 5.74) is 11.0. The Balaban J connectivity index is 2.07. The molecular formula is C20H33N5O6S. The number of aliphatic carboxylic acids is 1. The Labute approximate surface area is 191 Å². The largest absolute Gasteiger partial charge is 0.480 e. The number of likely N-dealkylation sites (tertiary alicyclic amines) is 2. The summed E-state index contributed by atoms with van der Waals surface area (Å²) in [4.78, 5) is 64.0. The quantitative estimate of drug-likeness (QED) is 0.293. The normalized spacial score (nSPS) is 22.4. The molecular weight excluding hydrogens is 438 g/mol. The van der Waals surface area contributed by atoms with Crippen LogP contribution in [0.2, 0.25) is 0 Å². The number of nitrogens with zero attached hydrogens (tertiary/aromatic N) is 2. The van der Waals surface area contributed by atoms with Crippen molar-refractivity contribution in [3.63, 3.8) is 0 Å². The third-order valence-electron chi connectivity index (χ3n) is 5.90. The van der Waals surface area contributed by atoms with Gasteiger partial charge in [-0.25, -0.2) is 4.79 Å². The van der Waals surface area contributed by atoms with Gasteiger partial charge in [-0.1, -0.05) is 0 Å². The van der Waals surface area contributed by atoms with Crippen molar-refractivity contribution in [3.05, 3.63) is 0 Å². The molecule has 0 bridgehead atoms. The monoisotopic (exact) mass is 471 g/mol. The number of nitrogens with two attached hydrogens (primary N) is 2. The maximum absolute atomic E-state index is 13.1. The smallest absolute Gasteiger partial charge is 0.326 e. The molecule has 0 aromatic rings. The van der Waals surface area contributed by atoms with Crippen LogP contribution in [0.5, 0.6) is 0 Å². The van der Waals surface area contributed by atoms with E-state index in [1.807, 2.05) is 6.26 Å². The fraction of sp³-hybridized carbons (Fsp3) is 0.750. The number of rotatable bonds is 11. The topological polar surface area (TPSA) is 176 Å². The first-order valence-electron chi connectivity index (χ1n) is 10.8. The number of nitrogens with one attached hydrogen (secondary N) is 1. The molecule has 2 rings (SSSR count). The maximum atomic E-state index is 13.1. The van der Waals surface area contributed by atoms with Crippen LogP contribution in [0.15, 0.2) is 0 Å². The third kappa shape index (κ3) is 6.58. The van der Waals surface area contributed by atoms with Crippen LogP contribution in [0.25, 0.3) is 0 Å². The molecule has 0 spiro atoms. The van der Waals surface area contributed by atoms with Crippen LogP contribution < -0.4 is 16.8 Å². The van der Waals surface area contributed by atoms with E-state index in [4.69, 9.17) is 11.5 Å². The van der Waals surface area contributed by atoms with E-state index in [2.05, 4.69) is 5.32 Å². The lowest BCUT2D eigenvalue weighted by molar-refractivity contribution is -0.149. The van der Waals surface area contributed by atoms with Gasteiger partial charge in [-0.05, 0) is 50.5 Å². The Morgan fingerprint density at radius 1 is 1.03 bits per heavy atom. The number of hydrogen-bond acceptors (Lipinski definition) is 7. The number of primary amides is 1. The van der Waals surface area contributed by atoms with Crippen LogP contribution in [-0.2, 0) is 24.0 Å². The van der Waals surface area contributed by atoms with Gasteiger partial charge in [0.2, 0.25) is 23.6 Å². The van der Waals surface area contributed by atoms with E-state index in [1.165, 1.54) is 21.6 Å². The highest BCUT2D eigenvalue weighted by molar-refractivity contribution is 7.98. The minimum Gasteiger partial charge on any atom is -0.480 e. The van der Waals surface area contributed by atoms with E-state index in [-0.39, 0.29) is 12.8 Å². The summed E-state index contributed by atoms with van der Waals surface area (Å²) < 4.78 is 0. The summed E-state index contributed by atoms with van der Waals surface area (Å²) in [6.45, 7) is 0.696. The lowest BCUT2D eigenvalue weighted by Crippen LogP contribution is -2.56. The Kier molecular flexibility index (Phi) is 9.76. The lowest BCUT2D eigenvalue weighted by Gasteiger charge is -2.30. The predicted octanol–water partition coefficient (Wildman–Crippen LogP) is -1.12. The minimum atomic E-state index is -1.05. The molecule has 2 aliphatic heterocycles. The summed E-state index contributed by atoms with van der Waals surface area (Å²) in [5, 5.41) is 12.2. The number of thioether (sulfide) groups is 1. The molecule has 2 heterocycles. The van der Waals surface area contributed by atoms with Crippen molar-refractivity contribution in [1.82, 2.24) is 15.1 Å². The average Bonchev–Trinajstić information content (AvgIpc) is 3.43. The highest BCUT2D eigenvalue weighted by atomic mass is 32.2. The zero-order valence-electron chi connectivity index (χ0n) is 18.3.